The molecule has 1 aromatic heterocycles. The molecular weight excluding hydrogens is 376 g/mol. The Kier molecular flexibility index (Phi) is 6.87. The highest BCUT2D eigenvalue weighted by Crippen LogP contribution is 2.22. The van der Waals surface area contributed by atoms with Crippen molar-refractivity contribution in [3.63, 3.8) is 0 Å². The lowest BCUT2D eigenvalue weighted by molar-refractivity contribution is -0.121. The van der Waals surface area contributed by atoms with Gasteiger partial charge in [-0.25, -0.2) is 4.98 Å². The Bertz CT molecular complexity index is 822. The number of nitrogens with zero attached hydrogens (tertiary/aromatic N) is 2. The summed E-state index contributed by atoms with van der Waals surface area (Å²) < 4.78 is 0. The minimum absolute atomic E-state index is 0.0469. The Labute approximate surface area is 170 Å². The van der Waals surface area contributed by atoms with Gasteiger partial charge < -0.3 is 15.5 Å². The number of hydrogen-bond acceptors (Lipinski definition) is 4. The molecule has 0 spiro atoms. The van der Waals surface area contributed by atoms with Crippen LogP contribution in [0.5, 0.6) is 0 Å². The number of nitrogens with one attached hydrogen (secondary N) is 2. The fraction of sp³-hybridized carbons (Fsp3) is 0.381. The van der Waals surface area contributed by atoms with E-state index in [2.05, 4.69) is 15.6 Å². The van der Waals surface area contributed by atoms with Gasteiger partial charge in [0.1, 0.15) is 11.9 Å². The van der Waals surface area contributed by atoms with Crippen molar-refractivity contribution in [3.8, 4) is 0 Å². The number of carbonyl (C=O) groups excluding carboxylic acids is 2. The second kappa shape index (κ2) is 9.55. The first-order valence-corrected chi connectivity index (χ1v) is 9.95. The molecule has 0 radical (unpaired) electrons. The SMILES string of the molecule is CC(Nc1ncc(C(=O)N2CCCCC2)cc1Cl)C(=O)NCc1ccccc1. The van der Waals surface area contributed by atoms with Crippen LogP contribution in [0.4, 0.5) is 5.82 Å². The van der Waals surface area contributed by atoms with Crippen molar-refractivity contribution in [2.24, 2.45) is 0 Å². The minimum atomic E-state index is -0.516. The van der Waals surface area contributed by atoms with E-state index in [1.54, 1.807) is 13.0 Å². The maximum Gasteiger partial charge on any atom is 0.255 e. The average molecular weight is 401 g/mol. The van der Waals surface area contributed by atoms with Crippen LogP contribution in [0.25, 0.3) is 0 Å². The van der Waals surface area contributed by atoms with E-state index < -0.39 is 6.04 Å². The summed E-state index contributed by atoms with van der Waals surface area (Å²) >= 11 is 6.31. The molecule has 1 aliphatic rings. The maximum absolute atomic E-state index is 12.6. The lowest BCUT2D eigenvalue weighted by atomic mass is 10.1. The van der Waals surface area contributed by atoms with Crippen LogP contribution >= 0.6 is 11.6 Å². The molecule has 3 rings (SSSR count). The van der Waals surface area contributed by atoms with Gasteiger partial charge in [-0.2, -0.15) is 0 Å². The van der Waals surface area contributed by atoms with Gasteiger partial charge in [0.2, 0.25) is 5.91 Å². The topological polar surface area (TPSA) is 74.3 Å². The number of benzene rings is 1. The van der Waals surface area contributed by atoms with Crippen molar-refractivity contribution in [1.29, 1.82) is 0 Å². The molecule has 1 aromatic carbocycles. The van der Waals surface area contributed by atoms with E-state index in [9.17, 15) is 9.59 Å². The van der Waals surface area contributed by atoms with Crippen molar-refractivity contribution in [2.45, 2.75) is 38.8 Å². The lowest BCUT2D eigenvalue weighted by Crippen LogP contribution is -2.37. The molecule has 0 saturated carbocycles. The molecule has 2 amide bonds. The quantitative estimate of drug-likeness (QED) is 0.778. The number of hydrogen-bond donors (Lipinski definition) is 2. The summed E-state index contributed by atoms with van der Waals surface area (Å²) in [5.41, 5.74) is 1.50. The molecule has 0 aliphatic carbocycles. The molecule has 1 saturated heterocycles. The summed E-state index contributed by atoms with van der Waals surface area (Å²) in [6, 6.07) is 10.8. The van der Waals surface area contributed by atoms with Gasteiger partial charge in [-0.15, -0.1) is 0 Å². The minimum Gasteiger partial charge on any atom is -0.357 e. The first-order valence-electron chi connectivity index (χ1n) is 9.57. The van der Waals surface area contributed by atoms with Gasteiger partial charge in [0, 0.05) is 25.8 Å². The normalized spacial score (nSPS) is 15.0. The van der Waals surface area contributed by atoms with E-state index in [1.165, 1.54) is 6.20 Å². The molecule has 7 heteroatoms. The monoisotopic (exact) mass is 400 g/mol. The van der Waals surface area contributed by atoms with E-state index in [-0.39, 0.29) is 11.8 Å². The van der Waals surface area contributed by atoms with Crippen LogP contribution in [-0.4, -0.2) is 40.8 Å². The molecule has 0 bridgehead atoms. The second-order valence-electron chi connectivity index (χ2n) is 6.98. The molecule has 1 atom stereocenters. The van der Waals surface area contributed by atoms with Gasteiger partial charge in [-0.3, -0.25) is 9.59 Å². The number of anilines is 1. The van der Waals surface area contributed by atoms with Gasteiger partial charge in [-0.1, -0.05) is 41.9 Å². The Morgan fingerprint density at radius 1 is 1.18 bits per heavy atom. The van der Waals surface area contributed by atoms with Gasteiger partial charge in [0.05, 0.1) is 10.6 Å². The molecule has 28 heavy (non-hydrogen) atoms. The molecular formula is C21H25ClN4O2. The molecule has 2 aromatic rings. The summed E-state index contributed by atoms with van der Waals surface area (Å²) in [7, 11) is 0. The van der Waals surface area contributed by atoms with Crippen LogP contribution in [-0.2, 0) is 11.3 Å². The molecule has 2 heterocycles. The molecule has 1 fully saturated rings. The summed E-state index contributed by atoms with van der Waals surface area (Å²) in [5.74, 6) is 0.184. The number of pyridine rings is 1. The fourth-order valence-corrected chi connectivity index (χ4v) is 3.37. The lowest BCUT2D eigenvalue weighted by Gasteiger charge is -2.26. The summed E-state index contributed by atoms with van der Waals surface area (Å²) in [6.07, 6.45) is 4.74. The number of carbonyl (C=O) groups is 2. The van der Waals surface area contributed by atoms with Gasteiger partial charge in [-0.05, 0) is 37.8 Å². The van der Waals surface area contributed by atoms with Crippen molar-refractivity contribution in [1.82, 2.24) is 15.2 Å². The number of likely N-dealkylation sites (tertiary alicyclic amines) is 1. The van der Waals surface area contributed by atoms with Crippen LogP contribution in [0, 0.1) is 0 Å². The molecule has 6 nitrogen and oxygen atoms in total. The standard InChI is InChI=1S/C21H25ClN4O2/c1-15(20(27)24-13-16-8-4-2-5-9-16)25-19-18(22)12-17(14-23-19)21(28)26-10-6-3-7-11-26/h2,4-5,8-9,12,14-15H,3,6-7,10-11,13H2,1H3,(H,23,25)(H,24,27). The first-order chi connectivity index (χ1) is 13.5. The van der Waals surface area contributed by atoms with Crippen LogP contribution in [0.1, 0.15) is 42.1 Å². The van der Waals surface area contributed by atoms with Crippen molar-refractivity contribution >= 4 is 29.2 Å². The number of aromatic nitrogens is 1. The van der Waals surface area contributed by atoms with E-state index in [0.717, 1.165) is 37.9 Å². The fourth-order valence-electron chi connectivity index (χ4n) is 3.15. The number of amides is 2. The van der Waals surface area contributed by atoms with Crippen LogP contribution in [0.15, 0.2) is 42.6 Å². The Hall–Kier alpha value is -2.60. The van der Waals surface area contributed by atoms with E-state index in [4.69, 9.17) is 11.6 Å². The zero-order valence-electron chi connectivity index (χ0n) is 16.0. The Morgan fingerprint density at radius 3 is 2.57 bits per heavy atom. The second-order valence-corrected chi connectivity index (χ2v) is 7.38. The zero-order valence-corrected chi connectivity index (χ0v) is 16.7. The Morgan fingerprint density at radius 2 is 1.89 bits per heavy atom. The van der Waals surface area contributed by atoms with Crippen LogP contribution < -0.4 is 10.6 Å². The van der Waals surface area contributed by atoms with Gasteiger partial charge in [0.25, 0.3) is 5.91 Å². The highest BCUT2D eigenvalue weighted by molar-refractivity contribution is 6.33. The largest absolute Gasteiger partial charge is 0.357 e. The summed E-state index contributed by atoms with van der Waals surface area (Å²) in [5, 5.41) is 6.21. The summed E-state index contributed by atoms with van der Waals surface area (Å²) in [6.45, 7) is 3.74. The molecule has 148 valence electrons. The average Bonchev–Trinajstić information content (AvgIpc) is 2.74. The van der Waals surface area contributed by atoms with Crippen LogP contribution in [0.2, 0.25) is 5.02 Å². The smallest absolute Gasteiger partial charge is 0.255 e. The van der Waals surface area contributed by atoms with E-state index in [0.29, 0.717) is 22.9 Å². The molecule has 1 unspecified atom stereocenters. The third kappa shape index (κ3) is 5.23. The summed E-state index contributed by atoms with van der Waals surface area (Å²) in [4.78, 5) is 31.0. The Balaban J connectivity index is 1.57. The van der Waals surface area contributed by atoms with E-state index >= 15 is 0 Å². The molecule has 2 N–H and O–H groups in total. The first kappa shape index (κ1) is 20.1. The van der Waals surface area contributed by atoms with Crippen molar-refractivity contribution in [2.75, 3.05) is 18.4 Å². The highest BCUT2D eigenvalue weighted by atomic mass is 35.5. The van der Waals surface area contributed by atoms with Crippen molar-refractivity contribution in [3.05, 3.63) is 58.7 Å². The predicted molar refractivity (Wildman–Crippen MR) is 110 cm³/mol. The van der Waals surface area contributed by atoms with Crippen LogP contribution in [0.3, 0.4) is 0 Å². The number of piperidine rings is 1. The molecule has 1 aliphatic heterocycles. The number of halogens is 1. The predicted octanol–water partition coefficient (Wildman–Crippen LogP) is 3.48. The third-order valence-electron chi connectivity index (χ3n) is 4.79. The van der Waals surface area contributed by atoms with Gasteiger partial charge in [0.15, 0.2) is 0 Å². The number of rotatable bonds is 6. The maximum atomic E-state index is 12.6. The van der Waals surface area contributed by atoms with E-state index in [1.807, 2.05) is 35.2 Å². The van der Waals surface area contributed by atoms with Gasteiger partial charge >= 0.3 is 0 Å². The highest BCUT2D eigenvalue weighted by Gasteiger charge is 2.20. The third-order valence-corrected chi connectivity index (χ3v) is 5.08. The van der Waals surface area contributed by atoms with Crippen molar-refractivity contribution < 1.29 is 9.59 Å². The zero-order chi connectivity index (χ0) is 19.9.